The second kappa shape index (κ2) is 6.29. The first-order chi connectivity index (χ1) is 10.7. The van der Waals surface area contributed by atoms with E-state index in [1.807, 2.05) is 6.07 Å². The summed E-state index contributed by atoms with van der Waals surface area (Å²) in [6.45, 7) is 1.25. The SMILES string of the molecule is COCCNc1ccnc2c(-c3ccc(F)c(Cl)c3)cnn12. The largest absolute Gasteiger partial charge is 0.383 e. The van der Waals surface area contributed by atoms with Crippen LogP contribution in [0.4, 0.5) is 10.2 Å². The van der Waals surface area contributed by atoms with E-state index < -0.39 is 5.82 Å². The third-order valence-electron chi connectivity index (χ3n) is 3.24. The van der Waals surface area contributed by atoms with Crippen molar-refractivity contribution >= 4 is 23.1 Å². The predicted octanol–water partition coefficient (Wildman–Crippen LogP) is 3.25. The van der Waals surface area contributed by atoms with E-state index in [-0.39, 0.29) is 5.02 Å². The molecule has 0 fully saturated rings. The first-order valence-electron chi connectivity index (χ1n) is 6.71. The van der Waals surface area contributed by atoms with Crippen LogP contribution in [0.5, 0.6) is 0 Å². The summed E-state index contributed by atoms with van der Waals surface area (Å²) < 4.78 is 20.0. The van der Waals surface area contributed by atoms with Crippen LogP contribution in [0, 0.1) is 5.82 Å². The number of hydrogen-bond acceptors (Lipinski definition) is 4. The number of anilines is 1. The summed E-state index contributed by atoms with van der Waals surface area (Å²) in [6.07, 6.45) is 3.38. The van der Waals surface area contributed by atoms with Gasteiger partial charge in [0.2, 0.25) is 0 Å². The molecule has 5 nitrogen and oxygen atoms in total. The lowest BCUT2D eigenvalue weighted by atomic mass is 10.1. The van der Waals surface area contributed by atoms with Gasteiger partial charge in [0.25, 0.3) is 0 Å². The molecule has 2 aromatic heterocycles. The smallest absolute Gasteiger partial charge is 0.165 e. The average molecular weight is 321 g/mol. The summed E-state index contributed by atoms with van der Waals surface area (Å²) in [5, 5.41) is 7.64. The quantitative estimate of drug-likeness (QED) is 0.733. The van der Waals surface area contributed by atoms with Crippen LogP contribution in [0.1, 0.15) is 0 Å². The van der Waals surface area contributed by atoms with E-state index >= 15 is 0 Å². The van der Waals surface area contributed by atoms with Crippen molar-refractivity contribution in [2.24, 2.45) is 0 Å². The standard InChI is InChI=1S/C15H14ClFN4O/c1-22-7-6-18-14-4-5-19-15-11(9-20-21(14)15)10-2-3-13(17)12(16)8-10/h2-5,8-9,18H,6-7H2,1H3. The van der Waals surface area contributed by atoms with Crippen LogP contribution >= 0.6 is 11.6 Å². The molecule has 0 spiro atoms. The summed E-state index contributed by atoms with van der Waals surface area (Å²) in [5.74, 6) is 0.360. The van der Waals surface area contributed by atoms with Gasteiger partial charge in [0.05, 0.1) is 17.8 Å². The molecule has 0 atom stereocenters. The Kier molecular flexibility index (Phi) is 4.22. The molecule has 1 N–H and O–H groups in total. The Morgan fingerprint density at radius 2 is 2.23 bits per heavy atom. The average Bonchev–Trinajstić information content (AvgIpc) is 2.95. The Labute approximate surface area is 131 Å². The van der Waals surface area contributed by atoms with E-state index in [9.17, 15) is 4.39 Å². The molecule has 0 bridgehead atoms. The van der Waals surface area contributed by atoms with Gasteiger partial charge < -0.3 is 10.1 Å². The van der Waals surface area contributed by atoms with Gasteiger partial charge in [0.1, 0.15) is 11.6 Å². The van der Waals surface area contributed by atoms with Crippen molar-refractivity contribution in [3.63, 3.8) is 0 Å². The molecule has 0 amide bonds. The summed E-state index contributed by atoms with van der Waals surface area (Å²) in [4.78, 5) is 4.35. The highest BCUT2D eigenvalue weighted by Crippen LogP contribution is 2.28. The van der Waals surface area contributed by atoms with Crippen molar-refractivity contribution in [3.05, 3.63) is 47.5 Å². The summed E-state index contributed by atoms with van der Waals surface area (Å²) in [7, 11) is 1.65. The second-order valence-electron chi connectivity index (χ2n) is 4.67. The zero-order chi connectivity index (χ0) is 15.5. The van der Waals surface area contributed by atoms with Crippen molar-refractivity contribution in [1.82, 2.24) is 14.6 Å². The fraction of sp³-hybridized carbons (Fsp3) is 0.200. The number of methoxy groups -OCH3 is 1. The Morgan fingerprint density at radius 1 is 1.36 bits per heavy atom. The minimum Gasteiger partial charge on any atom is -0.383 e. The molecule has 0 aliphatic heterocycles. The van der Waals surface area contributed by atoms with E-state index in [4.69, 9.17) is 16.3 Å². The van der Waals surface area contributed by atoms with Crippen molar-refractivity contribution in [1.29, 1.82) is 0 Å². The van der Waals surface area contributed by atoms with Crippen LogP contribution in [-0.2, 0) is 4.74 Å². The molecule has 0 saturated carbocycles. The lowest BCUT2D eigenvalue weighted by Crippen LogP contribution is -2.11. The van der Waals surface area contributed by atoms with Crippen LogP contribution < -0.4 is 5.32 Å². The molecule has 0 aliphatic rings. The molecule has 0 radical (unpaired) electrons. The third-order valence-corrected chi connectivity index (χ3v) is 3.53. The van der Waals surface area contributed by atoms with Gasteiger partial charge in [-0.1, -0.05) is 17.7 Å². The fourth-order valence-corrected chi connectivity index (χ4v) is 2.35. The zero-order valence-electron chi connectivity index (χ0n) is 11.9. The molecule has 114 valence electrons. The number of hydrogen-bond donors (Lipinski definition) is 1. The highest BCUT2D eigenvalue weighted by molar-refractivity contribution is 6.31. The maximum absolute atomic E-state index is 13.3. The summed E-state index contributed by atoms with van der Waals surface area (Å²) in [5.41, 5.74) is 2.23. The minimum atomic E-state index is -0.447. The number of nitrogens with zero attached hydrogens (tertiary/aromatic N) is 3. The summed E-state index contributed by atoms with van der Waals surface area (Å²) >= 11 is 5.85. The molecular weight excluding hydrogens is 307 g/mol. The van der Waals surface area contributed by atoms with Crippen LogP contribution in [0.3, 0.4) is 0 Å². The van der Waals surface area contributed by atoms with E-state index in [0.717, 1.165) is 16.9 Å². The number of benzene rings is 1. The molecule has 0 unspecified atom stereocenters. The van der Waals surface area contributed by atoms with Gasteiger partial charge in [-0.3, -0.25) is 0 Å². The Bertz CT molecular complexity index is 805. The van der Waals surface area contributed by atoms with Gasteiger partial charge in [-0.05, 0) is 23.8 Å². The molecule has 1 aromatic carbocycles. The molecule has 7 heteroatoms. The van der Waals surface area contributed by atoms with Crippen LogP contribution in [-0.4, -0.2) is 34.9 Å². The number of nitrogens with one attached hydrogen (secondary N) is 1. The monoisotopic (exact) mass is 320 g/mol. The molecule has 2 heterocycles. The second-order valence-corrected chi connectivity index (χ2v) is 5.08. The van der Waals surface area contributed by atoms with E-state index in [2.05, 4.69) is 15.4 Å². The highest BCUT2D eigenvalue weighted by Gasteiger charge is 2.12. The lowest BCUT2D eigenvalue weighted by Gasteiger charge is -2.07. The Hall–Kier alpha value is -2.18. The van der Waals surface area contributed by atoms with Gasteiger partial charge >= 0.3 is 0 Å². The molecule has 3 rings (SSSR count). The zero-order valence-corrected chi connectivity index (χ0v) is 12.6. The Balaban J connectivity index is 2.01. The fourth-order valence-electron chi connectivity index (χ4n) is 2.17. The number of rotatable bonds is 5. The first kappa shape index (κ1) is 14.7. The maximum atomic E-state index is 13.3. The van der Waals surface area contributed by atoms with Crippen molar-refractivity contribution in [3.8, 4) is 11.1 Å². The minimum absolute atomic E-state index is 0.0752. The molecular formula is C15H14ClFN4O. The van der Waals surface area contributed by atoms with E-state index in [0.29, 0.717) is 18.8 Å². The van der Waals surface area contributed by atoms with Crippen LogP contribution in [0.25, 0.3) is 16.8 Å². The van der Waals surface area contributed by atoms with Crippen molar-refractivity contribution in [2.45, 2.75) is 0 Å². The van der Waals surface area contributed by atoms with Gasteiger partial charge in [0, 0.05) is 25.4 Å². The highest BCUT2D eigenvalue weighted by atomic mass is 35.5. The number of fused-ring (bicyclic) bond motifs is 1. The molecule has 3 aromatic rings. The first-order valence-corrected chi connectivity index (χ1v) is 7.09. The lowest BCUT2D eigenvalue weighted by molar-refractivity contribution is 0.210. The van der Waals surface area contributed by atoms with Crippen LogP contribution in [0.15, 0.2) is 36.7 Å². The summed E-state index contributed by atoms with van der Waals surface area (Å²) in [6, 6.07) is 6.39. The molecule has 0 saturated heterocycles. The molecule has 22 heavy (non-hydrogen) atoms. The van der Waals surface area contributed by atoms with Crippen LogP contribution in [0.2, 0.25) is 5.02 Å². The van der Waals surface area contributed by atoms with Gasteiger partial charge in [0.15, 0.2) is 5.65 Å². The maximum Gasteiger partial charge on any atom is 0.165 e. The van der Waals surface area contributed by atoms with Crippen molar-refractivity contribution < 1.29 is 9.13 Å². The predicted molar refractivity (Wildman–Crippen MR) is 83.8 cm³/mol. The number of halogens is 2. The van der Waals surface area contributed by atoms with Gasteiger partial charge in [-0.25, -0.2) is 9.37 Å². The molecule has 0 aliphatic carbocycles. The third kappa shape index (κ3) is 2.75. The normalized spacial score (nSPS) is 11.0. The van der Waals surface area contributed by atoms with Gasteiger partial charge in [-0.2, -0.15) is 9.61 Å². The number of ether oxygens (including phenoxy) is 1. The Morgan fingerprint density at radius 3 is 3.00 bits per heavy atom. The number of aromatic nitrogens is 3. The van der Waals surface area contributed by atoms with E-state index in [1.165, 1.54) is 6.07 Å². The van der Waals surface area contributed by atoms with Gasteiger partial charge in [-0.15, -0.1) is 0 Å². The topological polar surface area (TPSA) is 51.5 Å². The van der Waals surface area contributed by atoms with Crippen molar-refractivity contribution in [2.75, 3.05) is 25.6 Å². The van der Waals surface area contributed by atoms with E-state index in [1.54, 1.807) is 36.2 Å².